The van der Waals surface area contributed by atoms with Crippen molar-refractivity contribution in [1.29, 1.82) is 0 Å². The van der Waals surface area contributed by atoms with Gasteiger partial charge in [0.1, 0.15) is 17.2 Å². The minimum Gasteiger partial charge on any atom is -0.481 e. The summed E-state index contributed by atoms with van der Waals surface area (Å²) in [5.74, 6) is -0.681. The van der Waals surface area contributed by atoms with Crippen molar-refractivity contribution in [1.82, 2.24) is 15.1 Å². The van der Waals surface area contributed by atoms with E-state index in [0.29, 0.717) is 27.8 Å². The number of carbonyl (C=O) groups excluding carboxylic acids is 1. The summed E-state index contributed by atoms with van der Waals surface area (Å²) < 4.78 is 7.06. The first-order valence-corrected chi connectivity index (χ1v) is 10.7. The van der Waals surface area contributed by atoms with Gasteiger partial charge < -0.3 is 15.2 Å². The number of carbonyl (C=O) groups is 2. The van der Waals surface area contributed by atoms with Crippen molar-refractivity contribution in [2.24, 2.45) is 0 Å². The number of aliphatic carboxylic acids is 1. The van der Waals surface area contributed by atoms with Gasteiger partial charge in [-0.2, -0.15) is 0 Å². The van der Waals surface area contributed by atoms with Gasteiger partial charge in [0, 0.05) is 11.1 Å². The molecule has 1 heterocycles. The number of amides is 1. The Morgan fingerprint density at radius 1 is 0.971 bits per heavy atom. The molecule has 8 nitrogen and oxygen atoms in total. The summed E-state index contributed by atoms with van der Waals surface area (Å²) in [5.41, 5.74) is 0.704. The highest BCUT2D eigenvalue weighted by Crippen LogP contribution is 2.27. The van der Waals surface area contributed by atoms with E-state index in [0.717, 1.165) is 0 Å². The van der Waals surface area contributed by atoms with Gasteiger partial charge in [-0.05, 0) is 54.1 Å². The van der Waals surface area contributed by atoms with E-state index in [4.69, 9.17) is 16.3 Å². The summed E-state index contributed by atoms with van der Waals surface area (Å²) >= 11 is 5.90. The zero-order valence-corrected chi connectivity index (χ0v) is 18.5. The number of ether oxygens (including phenoxy) is 1. The van der Waals surface area contributed by atoms with Crippen LogP contribution in [0.1, 0.15) is 28.5 Å². The quantitative estimate of drug-likeness (QED) is 0.344. The van der Waals surface area contributed by atoms with E-state index in [-0.39, 0.29) is 12.1 Å². The largest absolute Gasteiger partial charge is 0.481 e. The van der Waals surface area contributed by atoms with Crippen molar-refractivity contribution in [2.75, 3.05) is 0 Å². The summed E-state index contributed by atoms with van der Waals surface area (Å²) in [5, 5.41) is 15.4. The van der Waals surface area contributed by atoms with Gasteiger partial charge in [0.25, 0.3) is 11.5 Å². The molecule has 9 heteroatoms. The zero-order valence-electron chi connectivity index (χ0n) is 17.8. The fourth-order valence-electron chi connectivity index (χ4n) is 3.38. The Balaban J connectivity index is 1.56. The molecule has 0 aliphatic carbocycles. The van der Waals surface area contributed by atoms with Crippen LogP contribution in [-0.2, 0) is 4.79 Å². The Labute approximate surface area is 199 Å². The van der Waals surface area contributed by atoms with Crippen LogP contribution < -0.4 is 15.6 Å². The summed E-state index contributed by atoms with van der Waals surface area (Å²) in [6, 6.07) is 22.7. The van der Waals surface area contributed by atoms with E-state index in [9.17, 15) is 19.5 Å². The molecule has 3 N–H and O–H groups in total. The van der Waals surface area contributed by atoms with Crippen LogP contribution in [0.3, 0.4) is 0 Å². The minimum atomic E-state index is -1.09. The second-order valence-corrected chi connectivity index (χ2v) is 7.87. The molecular formula is C25H20ClN3O5. The van der Waals surface area contributed by atoms with Gasteiger partial charge in [-0.15, -0.1) is 0 Å². The number of H-pyrrole nitrogens is 1. The van der Waals surface area contributed by atoms with Crippen LogP contribution in [0.15, 0.2) is 89.7 Å². The van der Waals surface area contributed by atoms with E-state index < -0.39 is 23.5 Å². The summed E-state index contributed by atoms with van der Waals surface area (Å²) in [6.07, 6.45) is -0.361. The number of aromatic nitrogens is 2. The molecule has 0 saturated carbocycles. The van der Waals surface area contributed by atoms with Crippen LogP contribution >= 0.6 is 11.6 Å². The molecule has 0 fully saturated rings. The third kappa shape index (κ3) is 5.54. The topological polar surface area (TPSA) is 113 Å². The average molecular weight is 478 g/mol. The monoisotopic (exact) mass is 477 g/mol. The number of halogens is 1. The molecule has 4 aromatic rings. The molecule has 1 atom stereocenters. The third-order valence-electron chi connectivity index (χ3n) is 4.97. The number of benzene rings is 3. The average Bonchev–Trinajstić information content (AvgIpc) is 3.22. The maximum atomic E-state index is 12.9. The molecule has 0 aliphatic rings. The number of carboxylic acid groups (broad SMARTS) is 1. The van der Waals surface area contributed by atoms with Crippen molar-refractivity contribution in [3.63, 3.8) is 0 Å². The van der Waals surface area contributed by atoms with Crippen molar-refractivity contribution in [3.8, 4) is 17.2 Å². The van der Waals surface area contributed by atoms with Gasteiger partial charge in [0.2, 0.25) is 0 Å². The lowest BCUT2D eigenvalue weighted by Crippen LogP contribution is -2.30. The lowest BCUT2D eigenvalue weighted by atomic mass is 10.0. The maximum absolute atomic E-state index is 12.9. The Bertz CT molecular complexity index is 1360. The highest BCUT2D eigenvalue weighted by atomic mass is 35.5. The Hall–Kier alpha value is -4.30. The number of para-hydroxylation sites is 1. The second-order valence-electron chi connectivity index (χ2n) is 7.43. The second kappa shape index (κ2) is 10.1. The zero-order chi connectivity index (χ0) is 24.1. The molecule has 1 amide bonds. The van der Waals surface area contributed by atoms with E-state index in [1.54, 1.807) is 72.8 Å². The molecule has 0 radical (unpaired) electrons. The highest BCUT2D eigenvalue weighted by Gasteiger charge is 2.21. The molecule has 34 heavy (non-hydrogen) atoms. The summed E-state index contributed by atoms with van der Waals surface area (Å²) in [7, 11) is 0. The fraction of sp³-hybridized carbons (Fsp3) is 0.0800. The van der Waals surface area contributed by atoms with Gasteiger partial charge in [-0.1, -0.05) is 41.9 Å². The number of aromatic amines is 1. The molecular weight excluding hydrogens is 458 g/mol. The first-order chi connectivity index (χ1) is 16.4. The third-order valence-corrected chi connectivity index (χ3v) is 5.23. The normalized spacial score (nSPS) is 11.6. The van der Waals surface area contributed by atoms with Gasteiger partial charge in [0.15, 0.2) is 0 Å². The van der Waals surface area contributed by atoms with E-state index in [2.05, 4.69) is 10.4 Å². The molecule has 1 aromatic heterocycles. The highest BCUT2D eigenvalue weighted by molar-refractivity contribution is 6.30. The predicted octanol–water partition coefficient (Wildman–Crippen LogP) is 4.56. The van der Waals surface area contributed by atoms with Crippen molar-refractivity contribution >= 4 is 23.5 Å². The van der Waals surface area contributed by atoms with Crippen LogP contribution in [0, 0.1) is 0 Å². The summed E-state index contributed by atoms with van der Waals surface area (Å²) in [6.45, 7) is 0. The molecule has 0 spiro atoms. The first-order valence-electron chi connectivity index (χ1n) is 10.3. The van der Waals surface area contributed by atoms with Crippen molar-refractivity contribution in [3.05, 3.63) is 112 Å². The predicted molar refractivity (Wildman–Crippen MR) is 127 cm³/mol. The van der Waals surface area contributed by atoms with Gasteiger partial charge >= 0.3 is 5.97 Å². The van der Waals surface area contributed by atoms with Gasteiger partial charge in [-0.25, -0.2) is 4.68 Å². The molecule has 172 valence electrons. The van der Waals surface area contributed by atoms with Crippen LogP contribution in [0.2, 0.25) is 5.02 Å². The smallest absolute Gasteiger partial charge is 0.305 e. The van der Waals surface area contributed by atoms with E-state index in [1.807, 2.05) is 6.07 Å². The number of hydrogen-bond donors (Lipinski definition) is 3. The van der Waals surface area contributed by atoms with Crippen LogP contribution in [0.5, 0.6) is 11.5 Å². The van der Waals surface area contributed by atoms with Crippen molar-refractivity contribution < 1.29 is 19.4 Å². The Kier molecular flexibility index (Phi) is 6.79. The van der Waals surface area contributed by atoms with Crippen molar-refractivity contribution in [2.45, 2.75) is 12.5 Å². The maximum Gasteiger partial charge on any atom is 0.305 e. The molecule has 4 rings (SSSR count). The van der Waals surface area contributed by atoms with Crippen LogP contribution in [-0.4, -0.2) is 26.8 Å². The van der Waals surface area contributed by atoms with Gasteiger partial charge in [-0.3, -0.25) is 19.5 Å². The molecule has 1 unspecified atom stereocenters. The summed E-state index contributed by atoms with van der Waals surface area (Å²) in [4.78, 5) is 36.7. The standard InChI is InChI=1S/C25H20ClN3O5/c26-17-9-11-19(12-10-17)34-20-8-4-5-16(13-20)21(15-24(31)32)27-25(33)22-14-23(30)29(28-22)18-6-2-1-3-7-18/h1-14,21,28H,15H2,(H,27,33)(H,31,32). The molecule has 0 bridgehead atoms. The number of hydrogen-bond acceptors (Lipinski definition) is 4. The number of rotatable bonds is 8. The Morgan fingerprint density at radius 2 is 1.71 bits per heavy atom. The van der Waals surface area contributed by atoms with E-state index in [1.165, 1.54) is 10.7 Å². The van der Waals surface area contributed by atoms with Crippen LogP contribution in [0.25, 0.3) is 5.69 Å². The van der Waals surface area contributed by atoms with Crippen LogP contribution in [0.4, 0.5) is 0 Å². The number of carboxylic acids is 1. The number of nitrogens with one attached hydrogen (secondary N) is 2. The minimum absolute atomic E-state index is 0.0119. The number of nitrogens with zero attached hydrogens (tertiary/aromatic N) is 1. The molecule has 0 saturated heterocycles. The lowest BCUT2D eigenvalue weighted by molar-refractivity contribution is -0.137. The molecule has 0 aliphatic heterocycles. The Morgan fingerprint density at radius 3 is 2.41 bits per heavy atom. The first kappa shape index (κ1) is 22.9. The van der Waals surface area contributed by atoms with Gasteiger partial charge in [0.05, 0.1) is 18.2 Å². The molecule has 3 aromatic carbocycles. The van der Waals surface area contributed by atoms with E-state index >= 15 is 0 Å². The fourth-order valence-corrected chi connectivity index (χ4v) is 3.50. The lowest BCUT2D eigenvalue weighted by Gasteiger charge is -2.18. The SMILES string of the molecule is O=C(O)CC(NC(=O)c1cc(=O)n(-c2ccccc2)[nH]1)c1cccc(Oc2ccc(Cl)cc2)c1.